The van der Waals surface area contributed by atoms with Gasteiger partial charge in [0, 0.05) is 16.8 Å². The second-order valence-corrected chi connectivity index (χ2v) is 6.37. The SMILES string of the molecule is CC(=O)c1ccc(NC(=O)Cn2c(-c3ccc(C)cc3)n[nH]c2=S)cc1. The smallest absolute Gasteiger partial charge is 0.244 e. The lowest BCUT2D eigenvalue weighted by Gasteiger charge is -2.09. The number of ketones is 1. The first-order valence-corrected chi connectivity index (χ1v) is 8.48. The molecule has 0 atom stereocenters. The summed E-state index contributed by atoms with van der Waals surface area (Å²) in [5, 5.41) is 9.78. The number of hydrogen-bond donors (Lipinski definition) is 2. The fraction of sp³-hybridized carbons (Fsp3) is 0.158. The monoisotopic (exact) mass is 366 g/mol. The molecule has 1 heterocycles. The van der Waals surface area contributed by atoms with Crippen LogP contribution in [0.15, 0.2) is 48.5 Å². The van der Waals surface area contributed by atoms with Gasteiger partial charge >= 0.3 is 0 Å². The zero-order valence-electron chi connectivity index (χ0n) is 14.4. The van der Waals surface area contributed by atoms with Gasteiger partial charge in [-0.25, -0.2) is 0 Å². The third-order valence-electron chi connectivity index (χ3n) is 3.94. The van der Waals surface area contributed by atoms with Crippen molar-refractivity contribution < 1.29 is 9.59 Å². The number of benzene rings is 2. The van der Waals surface area contributed by atoms with Gasteiger partial charge in [-0.2, -0.15) is 5.10 Å². The quantitative estimate of drug-likeness (QED) is 0.532. The van der Waals surface area contributed by atoms with Crippen LogP contribution in [0.25, 0.3) is 11.4 Å². The molecule has 0 spiro atoms. The van der Waals surface area contributed by atoms with Gasteiger partial charge in [-0.05, 0) is 50.3 Å². The van der Waals surface area contributed by atoms with Crippen LogP contribution in [0.3, 0.4) is 0 Å². The second kappa shape index (κ2) is 7.45. The predicted octanol–water partition coefficient (Wildman–Crippen LogP) is 3.76. The Morgan fingerprint density at radius 2 is 1.77 bits per heavy atom. The lowest BCUT2D eigenvalue weighted by Crippen LogP contribution is -2.19. The van der Waals surface area contributed by atoms with E-state index >= 15 is 0 Å². The molecule has 0 fully saturated rings. The summed E-state index contributed by atoms with van der Waals surface area (Å²) in [5.74, 6) is 0.360. The molecule has 1 amide bonds. The van der Waals surface area contributed by atoms with Gasteiger partial charge in [0.2, 0.25) is 5.91 Å². The minimum absolute atomic E-state index is 0.0182. The molecule has 0 radical (unpaired) electrons. The fourth-order valence-electron chi connectivity index (χ4n) is 2.52. The largest absolute Gasteiger partial charge is 0.325 e. The normalized spacial score (nSPS) is 10.5. The summed E-state index contributed by atoms with van der Waals surface area (Å²) in [6, 6.07) is 14.6. The average Bonchev–Trinajstić information content (AvgIpc) is 2.97. The van der Waals surface area contributed by atoms with E-state index in [1.165, 1.54) is 6.92 Å². The number of H-pyrrole nitrogens is 1. The number of rotatable bonds is 5. The number of anilines is 1. The standard InChI is InChI=1S/C19H18N4O2S/c1-12-3-5-15(6-4-12)18-21-22-19(26)23(18)11-17(25)20-16-9-7-14(8-10-16)13(2)24/h3-10H,11H2,1-2H3,(H,20,25)(H,22,26). The van der Waals surface area contributed by atoms with Crippen molar-refractivity contribution in [2.45, 2.75) is 20.4 Å². The van der Waals surface area contributed by atoms with Crippen LogP contribution in [0.5, 0.6) is 0 Å². The van der Waals surface area contributed by atoms with E-state index in [0.29, 0.717) is 21.8 Å². The highest BCUT2D eigenvalue weighted by atomic mass is 32.1. The van der Waals surface area contributed by atoms with Gasteiger partial charge in [0.25, 0.3) is 0 Å². The maximum absolute atomic E-state index is 12.4. The Bertz CT molecular complexity index is 1000. The van der Waals surface area contributed by atoms with E-state index in [1.807, 2.05) is 31.2 Å². The topological polar surface area (TPSA) is 79.8 Å². The third kappa shape index (κ3) is 3.94. The number of aromatic amines is 1. The van der Waals surface area contributed by atoms with Gasteiger partial charge in [0.1, 0.15) is 6.54 Å². The molecule has 0 unspecified atom stereocenters. The van der Waals surface area contributed by atoms with E-state index in [2.05, 4.69) is 15.5 Å². The van der Waals surface area contributed by atoms with Crippen LogP contribution in [0, 0.1) is 11.7 Å². The number of Topliss-reactive ketones (excluding diaryl/α,β-unsaturated/α-hetero) is 1. The number of carbonyl (C=O) groups excluding carboxylic acids is 2. The molecule has 0 saturated carbocycles. The number of nitrogens with zero attached hydrogens (tertiary/aromatic N) is 2. The Labute approximate surface area is 155 Å². The van der Waals surface area contributed by atoms with Crippen molar-refractivity contribution in [1.82, 2.24) is 14.8 Å². The lowest BCUT2D eigenvalue weighted by atomic mass is 10.1. The first-order chi connectivity index (χ1) is 12.4. The van der Waals surface area contributed by atoms with Crippen LogP contribution < -0.4 is 5.32 Å². The number of amides is 1. The molecule has 26 heavy (non-hydrogen) atoms. The molecule has 1 aromatic heterocycles. The van der Waals surface area contributed by atoms with Crippen molar-refractivity contribution in [2.75, 3.05) is 5.32 Å². The van der Waals surface area contributed by atoms with Crippen LogP contribution in [0.4, 0.5) is 5.69 Å². The van der Waals surface area contributed by atoms with Crippen LogP contribution >= 0.6 is 12.2 Å². The van der Waals surface area contributed by atoms with Crippen LogP contribution in [0.2, 0.25) is 0 Å². The summed E-state index contributed by atoms with van der Waals surface area (Å²) in [7, 11) is 0. The van der Waals surface area contributed by atoms with E-state index in [0.717, 1.165) is 11.1 Å². The van der Waals surface area contributed by atoms with Gasteiger partial charge in [0.05, 0.1) is 0 Å². The molecule has 0 bridgehead atoms. The van der Waals surface area contributed by atoms with Gasteiger partial charge in [-0.15, -0.1) is 0 Å². The maximum atomic E-state index is 12.4. The van der Waals surface area contributed by atoms with Crippen LogP contribution in [-0.4, -0.2) is 26.5 Å². The van der Waals surface area contributed by atoms with E-state index in [9.17, 15) is 9.59 Å². The highest BCUT2D eigenvalue weighted by molar-refractivity contribution is 7.71. The molecular formula is C19H18N4O2S. The van der Waals surface area contributed by atoms with Crippen LogP contribution in [-0.2, 0) is 11.3 Å². The van der Waals surface area contributed by atoms with E-state index in [-0.39, 0.29) is 18.2 Å². The minimum Gasteiger partial charge on any atom is -0.325 e. The Hall–Kier alpha value is -3.06. The summed E-state index contributed by atoms with van der Waals surface area (Å²) in [6.07, 6.45) is 0. The summed E-state index contributed by atoms with van der Waals surface area (Å²) >= 11 is 5.25. The maximum Gasteiger partial charge on any atom is 0.244 e. The molecule has 132 valence electrons. The summed E-state index contributed by atoms with van der Waals surface area (Å²) in [4.78, 5) is 23.7. The number of aryl methyl sites for hydroxylation is 1. The number of carbonyl (C=O) groups is 2. The van der Waals surface area contributed by atoms with Crippen molar-refractivity contribution in [1.29, 1.82) is 0 Å². The molecule has 3 rings (SSSR count). The van der Waals surface area contributed by atoms with E-state index < -0.39 is 0 Å². The molecule has 0 saturated heterocycles. The Morgan fingerprint density at radius 3 is 2.38 bits per heavy atom. The molecule has 3 aromatic rings. The molecule has 2 aromatic carbocycles. The van der Waals surface area contributed by atoms with Gasteiger partial charge < -0.3 is 5.32 Å². The van der Waals surface area contributed by atoms with E-state index in [4.69, 9.17) is 12.2 Å². The Morgan fingerprint density at radius 1 is 1.12 bits per heavy atom. The average molecular weight is 366 g/mol. The van der Waals surface area contributed by atoms with Crippen LogP contribution in [0.1, 0.15) is 22.8 Å². The Balaban J connectivity index is 1.77. The van der Waals surface area contributed by atoms with Crippen molar-refractivity contribution in [3.05, 3.63) is 64.4 Å². The molecule has 0 aliphatic rings. The van der Waals surface area contributed by atoms with Gasteiger partial charge in [-0.3, -0.25) is 19.3 Å². The van der Waals surface area contributed by atoms with E-state index in [1.54, 1.807) is 28.8 Å². The zero-order chi connectivity index (χ0) is 18.7. The lowest BCUT2D eigenvalue weighted by molar-refractivity contribution is -0.116. The highest BCUT2D eigenvalue weighted by Crippen LogP contribution is 2.18. The molecule has 6 nitrogen and oxygen atoms in total. The fourth-order valence-corrected chi connectivity index (χ4v) is 2.72. The van der Waals surface area contributed by atoms with Crippen molar-refractivity contribution in [2.24, 2.45) is 0 Å². The van der Waals surface area contributed by atoms with Gasteiger partial charge in [-0.1, -0.05) is 29.8 Å². The number of hydrogen-bond acceptors (Lipinski definition) is 4. The van der Waals surface area contributed by atoms with Crippen molar-refractivity contribution >= 4 is 29.6 Å². The molecular weight excluding hydrogens is 348 g/mol. The molecule has 2 N–H and O–H groups in total. The van der Waals surface area contributed by atoms with Gasteiger partial charge in [0.15, 0.2) is 16.4 Å². The predicted molar refractivity (Wildman–Crippen MR) is 103 cm³/mol. The molecule has 0 aliphatic carbocycles. The summed E-state index contributed by atoms with van der Waals surface area (Å²) in [6.45, 7) is 3.54. The first-order valence-electron chi connectivity index (χ1n) is 8.07. The van der Waals surface area contributed by atoms with Crippen molar-refractivity contribution in [3.8, 4) is 11.4 Å². The first kappa shape index (κ1) is 17.8. The third-order valence-corrected chi connectivity index (χ3v) is 4.26. The van der Waals surface area contributed by atoms with Crippen molar-refractivity contribution in [3.63, 3.8) is 0 Å². The second-order valence-electron chi connectivity index (χ2n) is 5.99. The Kier molecular flexibility index (Phi) is 5.09. The minimum atomic E-state index is -0.230. The zero-order valence-corrected chi connectivity index (χ0v) is 15.3. The molecule has 7 heteroatoms. The molecule has 0 aliphatic heterocycles. The number of aromatic nitrogens is 3. The highest BCUT2D eigenvalue weighted by Gasteiger charge is 2.12. The summed E-state index contributed by atoms with van der Waals surface area (Å²) in [5.41, 5.74) is 3.23. The summed E-state index contributed by atoms with van der Waals surface area (Å²) < 4.78 is 2.03. The number of nitrogens with one attached hydrogen (secondary N) is 2.